The van der Waals surface area contributed by atoms with Gasteiger partial charge in [0.15, 0.2) is 0 Å². The molecule has 80 valence electrons. The zero-order chi connectivity index (χ0) is 11.0. The lowest BCUT2D eigenvalue weighted by atomic mass is 10.1. The first-order chi connectivity index (χ1) is 7.83. The lowest BCUT2D eigenvalue weighted by Gasteiger charge is -2.11. The van der Waals surface area contributed by atoms with Gasteiger partial charge in [0.25, 0.3) is 0 Å². The quantitative estimate of drug-likeness (QED) is 0.752. The molecule has 3 rings (SSSR count). The summed E-state index contributed by atoms with van der Waals surface area (Å²) in [4.78, 5) is 0. The Labute approximate surface area is 97.4 Å². The minimum Gasteiger partial charge on any atom is -0.194 e. The van der Waals surface area contributed by atoms with E-state index in [1.54, 1.807) is 22.8 Å². The molecule has 0 radical (unpaired) electrons. The number of aromatic nitrogens is 3. The molecule has 0 unspecified atom stereocenters. The highest BCUT2D eigenvalue weighted by Crippen LogP contribution is 2.21. The maximum Gasteiger partial charge on any atom is 0.212 e. The van der Waals surface area contributed by atoms with Gasteiger partial charge in [0, 0.05) is 5.75 Å². The summed E-state index contributed by atoms with van der Waals surface area (Å²) >= 11 is 1.66. The first-order valence-electron chi connectivity index (χ1n) is 5.00. The van der Waals surface area contributed by atoms with Gasteiger partial charge in [-0.05, 0) is 12.5 Å². The minimum absolute atomic E-state index is 0.849. The van der Waals surface area contributed by atoms with Crippen molar-refractivity contribution in [2.24, 2.45) is 5.10 Å². The van der Waals surface area contributed by atoms with Gasteiger partial charge in [0.1, 0.15) is 6.33 Å². The van der Waals surface area contributed by atoms with Gasteiger partial charge in [-0.1, -0.05) is 41.6 Å². The molecule has 16 heavy (non-hydrogen) atoms. The summed E-state index contributed by atoms with van der Waals surface area (Å²) in [6.07, 6.45) is 1.63. The number of thioether (sulfide) groups is 1. The summed E-state index contributed by atoms with van der Waals surface area (Å²) in [7, 11) is 0. The monoisotopic (exact) mass is 230 g/mol. The average Bonchev–Trinajstić information content (AvgIpc) is 2.77. The molecule has 0 spiro atoms. The summed E-state index contributed by atoms with van der Waals surface area (Å²) in [6, 6.07) is 8.41. The van der Waals surface area contributed by atoms with Crippen molar-refractivity contribution < 1.29 is 0 Å². The molecule has 0 N–H and O–H groups in total. The molecular formula is C11H10N4S. The van der Waals surface area contributed by atoms with E-state index in [9.17, 15) is 0 Å². The van der Waals surface area contributed by atoms with Crippen LogP contribution in [-0.2, 0) is 0 Å². The van der Waals surface area contributed by atoms with E-state index in [1.165, 1.54) is 5.56 Å². The summed E-state index contributed by atoms with van der Waals surface area (Å²) in [5, 5.41) is 13.1. The predicted octanol–water partition coefficient (Wildman–Crippen LogP) is 1.94. The van der Waals surface area contributed by atoms with Crippen molar-refractivity contribution >= 4 is 17.5 Å². The Hall–Kier alpha value is -1.62. The summed E-state index contributed by atoms with van der Waals surface area (Å²) in [6.45, 7) is 2.08. The van der Waals surface area contributed by atoms with Crippen molar-refractivity contribution in [3.63, 3.8) is 0 Å². The number of nitrogens with zero attached hydrogens (tertiary/aromatic N) is 4. The second-order valence-electron chi connectivity index (χ2n) is 3.66. The third-order valence-corrected chi connectivity index (χ3v) is 3.40. The zero-order valence-electron chi connectivity index (χ0n) is 8.79. The Balaban J connectivity index is 2.00. The topological polar surface area (TPSA) is 43.1 Å². The van der Waals surface area contributed by atoms with Gasteiger partial charge in [0.05, 0.1) is 5.71 Å². The van der Waals surface area contributed by atoms with E-state index in [1.807, 2.05) is 0 Å². The third-order valence-electron chi connectivity index (χ3n) is 2.45. The van der Waals surface area contributed by atoms with E-state index < -0.39 is 0 Å². The first-order valence-corrected chi connectivity index (χ1v) is 5.99. The van der Waals surface area contributed by atoms with Crippen LogP contribution >= 0.6 is 11.8 Å². The molecule has 0 bridgehead atoms. The van der Waals surface area contributed by atoms with Crippen LogP contribution in [-0.4, -0.2) is 26.3 Å². The van der Waals surface area contributed by atoms with Crippen LogP contribution in [0.5, 0.6) is 0 Å². The first kappa shape index (κ1) is 9.59. The van der Waals surface area contributed by atoms with Gasteiger partial charge < -0.3 is 0 Å². The van der Waals surface area contributed by atoms with Crippen LogP contribution in [0.2, 0.25) is 0 Å². The SMILES string of the molecule is Cc1ccc(C2=Nn3cnnc3SC2)cc1. The molecule has 5 heteroatoms. The molecule has 0 fully saturated rings. The van der Waals surface area contributed by atoms with Crippen LogP contribution in [0.1, 0.15) is 11.1 Å². The standard InChI is InChI=1S/C11H10N4S/c1-8-2-4-9(5-3-8)10-6-16-11-13-12-7-15(11)14-10/h2-5,7H,6H2,1H3. The lowest BCUT2D eigenvalue weighted by Crippen LogP contribution is -2.12. The highest BCUT2D eigenvalue weighted by atomic mass is 32.2. The molecule has 1 aromatic heterocycles. The minimum atomic E-state index is 0.849. The van der Waals surface area contributed by atoms with Gasteiger partial charge >= 0.3 is 0 Å². The fourth-order valence-corrected chi connectivity index (χ4v) is 2.38. The summed E-state index contributed by atoms with van der Waals surface area (Å²) in [5.41, 5.74) is 3.49. The Morgan fingerprint density at radius 2 is 2.06 bits per heavy atom. The molecule has 1 aromatic carbocycles. The Kier molecular flexibility index (Phi) is 2.25. The number of hydrogen-bond acceptors (Lipinski definition) is 4. The third kappa shape index (κ3) is 1.63. The van der Waals surface area contributed by atoms with E-state index in [-0.39, 0.29) is 0 Å². The summed E-state index contributed by atoms with van der Waals surface area (Å²) < 4.78 is 1.73. The van der Waals surface area contributed by atoms with Crippen LogP contribution in [0.3, 0.4) is 0 Å². The van der Waals surface area contributed by atoms with Gasteiger partial charge in [-0.3, -0.25) is 0 Å². The van der Waals surface area contributed by atoms with Gasteiger partial charge in [0.2, 0.25) is 5.16 Å². The van der Waals surface area contributed by atoms with Crippen molar-refractivity contribution in [3.05, 3.63) is 41.7 Å². The normalized spacial score (nSPS) is 14.4. The number of fused-ring (bicyclic) bond motifs is 1. The van der Waals surface area contributed by atoms with Crippen molar-refractivity contribution in [3.8, 4) is 0 Å². The van der Waals surface area contributed by atoms with Gasteiger partial charge in [-0.2, -0.15) is 9.78 Å². The number of rotatable bonds is 1. The molecule has 2 aromatic rings. The molecule has 0 atom stereocenters. The number of hydrogen-bond donors (Lipinski definition) is 0. The number of benzene rings is 1. The molecule has 1 aliphatic rings. The predicted molar refractivity (Wildman–Crippen MR) is 63.9 cm³/mol. The fourth-order valence-electron chi connectivity index (χ4n) is 1.56. The Morgan fingerprint density at radius 3 is 2.88 bits per heavy atom. The lowest BCUT2D eigenvalue weighted by molar-refractivity contribution is 0.756. The van der Waals surface area contributed by atoms with E-state index in [2.05, 4.69) is 46.5 Å². The van der Waals surface area contributed by atoms with Crippen LogP contribution < -0.4 is 0 Å². The van der Waals surface area contributed by atoms with Crippen LogP contribution in [0.4, 0.5) is 0 Å². The molecule has 1 aliphatic heterocycles. The molecule has 0 aliphatic carbocycles. The largest absolute Gasteiger partial charge is 0.212 e. The highest BCUT2D eigenvalue weighted by molar-refractivity contribution is 7.99. The van der Waals surface area contributed by atoms with Crippen LogP contribution in [0, 0.1) is 6.92 Å². The molecule has 2 heterocycles. The summed E-state index contributed by atoms with van der Waals surface area (Å²) in [5.74, 6) is 0.849. The smallest absolute Gasteiger partial charge is 0.194 e. The van der Waals surface area contributed by atoms with Crippen molar-refractivity contribution in [2.75, 3.05) is 5.75 Å². The van der Waals surface area contributed by atoms with E-state index in [0.717, 1.165) is 22.2 Å². The van der Waals surface area contributed by atoms with Gasteiger partial charge in [-0.15, -0.1) is 10.2 Å². The van der Waals surface area contributed by atoms with E-state index >= 15 is 0 Å². The van der Waals surface area contributed by atoms with Crippen LogP contribution in [0.25, 0.3) is 0 Å². The zero-order valence-corrected chi connectivity index (χ0v) is 9.61. The Morgan fingerprint density at radius 1 is 1.25 bits per heavy atom. The van der Waals surface area contributed by atoms with E-state index in [0.29, 0.717) is 0 Å². The molecular weight excluding hydrogens is 220 g/mol. The highest BCUT2D eigenvalue weighted by Gasteiger charge is 2.14. The number of aryl methyl sites for hydroxylation is 1. The molecule has 4 nitrogen and oxygen atoms in total. The van der Waals surface area contributed by atoms with Crippen LogP contribution in [0.15, 0.2) is 40.9 Å². The molecule has 0 saturated heterocycles. The van der Waals surface area contributed by atoms with Crippen molar-refractivity contribution in [1.82, 2.24) is 14.9 Å². The van der Waals surface area contributed by atoms with Crippen molar-refractivity contribution in [2.45, 2.75) is 12.1 Å². The maximum atomic E-state index is 4.49. The maximum absolute atomic E-state index is 4.49. The second-order valence-corrected chi connectivity index (χ2v) is 4.60. The second kappa shape index (κ2) is 3.75. The fraction of sp³-hybridized carbons (Fsp3) is 0.182. The van der Waals surface area contributed by atoms with Crippen molar-refractivity contribution in [1.29, 1.82) is 0 Å². The molecule has 0 amide bonds. The van der Waals surface area contributed by atoms with E-state index in [4.69, 9.17) is 0 Å². The average molecular weight is 230 g/mol. The Bertz CT molecular complexity index is 541. The molecule has 0 saturated carbocycles. The van der Waals surface area contributed by atoms with Gasteiger partial charge in [-0.25, -0.2) is 0 Å².